The Bertz CT molecular complexity index is 249. The smallest absolute Gasteiger partial charge is 0.214 e. The molecule has 0 saturated carbocycles. The van der Waals surface area contributed by atoms with E-state index < -0.39 is 0 Å². The Morgan fingerprint density at radius 1 is 1.78 bits per heavy atom. The van der Waals surface area contributed by atoms with Gasteiger partial charge in [0.15, 0.2) is 5.16 Å². The van der Waals surface area contributed by atoms with Crippen LogP contribution in [0.25, 0.3) is 0 Å². The van der Waals surface area contributed by atoms with Crippen LogP contribution in [0.5, 0.6) is 0 Å². The molecule has 0 spiro atoms. The third-order valence-corrected chi connectivity index (χ3v) is 1.84. The van der Waals surface area contributed by atoms with E-state index in [1.807, 2.05) is 13.3 Å². The van der Waals surface area contributed by atoms with Crippen LogP contribution in [0.2, 0.25) is 0 Å². The first-order chi connectivity index (χ1) is 4.24. The Kier molecular flexibility index (Phi) is 1.92. The number of aromatic nitrogens is 3. The van der Waals surface area contributed by atoms with Gasteiger partial charge in [0.2, 0.25) is 4.77 Å². The van der Waals surface area contributed by atoms with E-state index in [2.05, 4.69) is 10.1 Å². The SMILES string of the molecule is CSc1nc(=S)[nH]n1C. The van der Waals surface area contributed by atoms with Crippen molar-refractivity contribution >= 4 is 24.0 Å². The highest BCUT2D eigenvalue weighted by atomic mass is 32.2. The molecular formula is C4H7N3S2. The maximum atomic E-state index is 4.79. The number of hydrogen-bond donors (Lipinski definition) is 1. The minimum Gasteiger partial charge on any atom is -0.271 e. The standard InChI is InChI=1S/C4H7N3S2/c1-7-4(9-2)5-3(8)6-7/h1-2H3,(H,6,8). The normalized spacial score (nSPS) is 10.0. The van der Waals surface area contributed by atoms with Crippen molar-refractivity contribution in [1.29, 1.82) is 0 Å². The lowest BCUT2D eigenvalue weighted by Gasteiger charge is -1.91. The highest BCUT2D eigenvalue weighted by Crippen LogP contribution is 2.07. The Balaban J connectivity index is 3.16. The van der Waals surface area contributed by atoms with Crippen LogP contribution < -0.4 is 0 Å². The van der Waals surface area contributed by atoms with Gasteiger partial charge < -0.3 is 0 Å². The van der Waals surface area contributed by atoms with E-state index in [0.29, 0.717) is 4.77 Å². The van der Waals surface area contributed by atoms with Crippen LogP contribution in [-0.2, 0) is 7.05 Å². The fraction of sp³-hybridized carbons (Fsp3) is 0.500. The molecule has 0 bridgehead atoms. The van der Waals surface area contributed by atoms with Crippen molar-refractivity contribution in [3.05, 3.63) is 4.77 Å². The molecule has 0 aliphatic heterocycles. The highest BCUT2D eigenvalue weighted by Gasteiger charge is 1.95. The van der Waals surface area contributed by atoms with Crippen molar-refractivity contribution in [3.8, 4) is 0 Å². The molecule has 3 nitrogen and oxygen atoms in total. The molecule has 0 aliphatic rings. The average molecular weight is 161 g/mol. The molecule has 5 heteroatoms. The second-order valence-corrected chi connectivity index (χ2v) is 2.73. The molecule has 0 amide bonds. The van der Waals surface area contributed by atoms with E-state index in [0.717, 1.165) is 5.16 Å². The van der Waals surface area contributed by atoms with Gasteiger partial charge in [0, 0.05) is 7.05 Å². The largest absolute Gasteiger partial charge is 0.271 e. The molecule has 0 radical (unpaired) electrons. The number of hydrogen-bond acceptors (Lipinski definition) is 3. The number of nitrogens with zero attached hydrogens (tertiary/aromatic N) is 2. The predicted octanol–water partition coefficient (Wildman–Crippen LogP) is 1.20. The van der Waals surface area contributed by atoms with Crippen LogP contribution in [0.15, 0.2) is 5.16 Å². The van der Waals surface area contributed by atoms with Crippen molar-refractivity contribution in [2.24, 2.45) is 7.05 Å². The zero-order valence-corrected chi connectivity index (χ0v) is 6.84. The minimum atomic E-state index is 0.543. The van der Waals surface area contributed by atoms with Gasteiger partial charge >= 0.3 is 0 Å². The summed E-state index contributed by atoms with van der Waals surface area (Å²) in [6, 6.07) is 0. The third-order valence-electron chi connectivity index (χ3n) is 0.930. The lowest BCUT2D eigenvalue weighted by atomic mass is 11.2. The van der Waals surface area contributed by atoms with E-state index in [1.54, 1.807) is 16.4 Å². The van der Waals surface area contributed by atoms with Crippen molar-refractivity contribution in [2.45, 2.75) is 5.16 Å². The van der Waals surface area contributed by atoms with Crippen LogP contribution >= 0.6 is 24.0 Å². The summed E-state index contributed by atoms with van der Waals surface area (Å²) in [6.07, 6.45) is 1.96. The van der Waals surface area contributed by atoms with Crippen LogP contribution in [0.4, 0.5) is 0 Å². The Labute approximate surface area is 62.5 Å². The summed E-state index contributed by atoms with van der Waals surface area (Å²) in [4.78, 5) is 4.01. The fourth-order valence-electron chi connectivity index (χ4n) is 0.561. The van der Waals surface area contributed by atoms with Gasteiger partial charge in [-0.25, -0.2) is 0 Å². The zero-order valence-electron chi connectivity index (χ0n) is 5.21. The molecule has 0 aliphatic carbocycles. The number of H-pyrrole nitrogens is 1. The Morgan fingerprint density at radius 2 is 2.44 bits per heavy atom. The Hall–Kier alpha value is -0.290. The molecule has 0 unspecified atom stereocenters. The van der Waals surface area contributed by atoms with Gasteiger partial charge in [-0.15, -0.1) is 0 Å². The van der Waals surface area contributed by atoms with Crippen LogP contribution in [0.3, 0.4) is 0 Å². The molecule has 1 heterocycles. The first-order valence-corrected chi connectivity index (χ1v) is 4.04. The lowest BCUT2D eigenvalue weighted by molar-refractivity contribution is 0.685. The molecule has 0 saturated heterocycles. The number of aromatic amines is 1. The minimum absolute atomic E-state index is 0.543. The molecule has 50 valence electrons. The van der Waals surface area contributed by atoms with Crippen molar-refractivity contribution in [3.63, 3.8) is 0 Å². The van der Waals surface area contributed by atoms with Gasteiger partial charge in [-0.1, -0.05) is 11.8 Å². The van der Waals surface area contributed by atoms with Crippen LogP contribution in [0.1, 0.15) is 0 Å². The van der Waals surface area contributed by atoms with Crippen LogP contribution in [0, 0.1) is 4.77 Å². The number of nitrogens with one attached hydrogen (secondary N) is 1. The molecular weight excluding hydrogens is 154 g/mol. The quantitative estimate of drug-likeness (QED) is 0.496. The number of aryl methyl sites for hydroxylation is 1. The Morgan fingerprint density at radius 3 is 2.67 bits per heavy atom. The first-order valence-electron chi connectivity index (χ1n) is 2.41. The van der Waals surface area contributed by atoms with Gasteiger partial charge in [-0.2, -0.15) is 4.98 Å². The number of thioether (sulfide) groups is 1. The highest BCUT2D eigenvalue weighted by molar-refractivity contribution is 7.98. The van der Waals surface area contributed by atoms with E-state index in [-0.39, 0.29) is 0 Å². The summed E-state index contributed by atoms with van der Waals surface area (Å²) in [5.41, 5.74) is 0. The van der Waals surface area contributed by atoms with E-state index >= 15 is 0 Å². The average Bonchev–Trinajstić information content (AvgIpc) is 2.10. The van der Waals surface area contributed by atoms with E-state index in [1.165, 1.54) is 0 Å². The van der Waals surface area contributed by atoms with Gasteiger partial charge in [0.1, 0.15) is 0 Å². The summed E-state index contributed by atoms with van der Waals surface area (Å²) in [7, 11) is 1.88. The molecule has 0 fully saturated rings. The molecule has 1 rings (SSSR count). The second kappa shape index (κ2) is 2.53. The summed E-state index contributed by atoms with van der Waals surface area (Å²) >= 11 is 6.36. The molecule has 1 N–H and O–H groups in total. The van der Waals surface area contributed by atoms with E-state index in [9.17, 15) is 0 Å². The van der Waals surface area contributed by atoms with Gasteiger partial charge in [-0.05, 0) is 18.5 Å². The van der Waals surface area contributed by atoms with Gasteiger partial charge in [0.05, 0.1) is 0 Å². The number of rotatable bonds is 1. The predicted molar refractivity (Wildman–Crippen MR) is 40.2 cm³/mol. The van der Waals surface area contributed by atoms with Crippen molar-refractivity contribution in [2.75, 3.05) is 6.26 Å². The van der Waals surface area contributed by atoms with Crippen molar-refractivity contribution < 1.29 is 0 Å². The molecule has 9 heavy (non-hydrogen) atoms. The van der Waals surface area contributed by atoms with E-state index in [4.69, 9.17) is 12.2 Å². The maximum Gasteiger partial charge on any atom is 0.214 e. The summed E-state index contributed by atoms with van der Waals surface area (Å²) in [5.74, 6) is 0. The summed E-state index contributed by atoms with van der Waals surface area (Å²) in [5, 5.41) is 3.77. The second-order valence-electron chi connectivity index (χ2n) is 1.57. The molecule has 0 aromatic carbocycles. The monoisotopic (exact) mass is 161 g/mol. The topological polar surface area (TPSA) is 33.6 Å². The summed E-state index contributed by atoms with van der Waals surface area (Å²) in [6.45, 7) is 0. The summed E-state index contributed by atoms with van der Waals surface area (Å²) < 4.78 is 2.34. The van der Waals surface area contributed by atoms with Crippen molar-refractivity contribution in [1.82, 2.24) is 14.8 Å². The maximum absolute atomic E-state index is 4.79. The van der Waals surface area contributed by atoms with Crippen LogP contribution in [-0.4, -0.2) is 21.0 Å². The third kappa shape index (κ3) is 1.34. The first kappa shape index (κ1) is 6.82. The van der Waals surface area contributed by atoms with Gasteiger partial charge in [-0.3, -0.25) is 9.78 Å². The molecule has 0 atom stereocenters. The lowest BCUT2D eigenvalue weighted by Crippen LogP contribution is -1.90. The molecule has 1 aromatic rings. The zero-order chi connectivity index (χ0) is 6.85. The fourth-order valence-corrected chi connectivity index (χ4v) is 1.34. The van der Waals surface area contributed by atoms with Gasteiger partial charge in [0.25, 0.3) is 0 Å². The molecule has 1 aromatic heterocycles.